The van der Waals surface area contributed by atoms with Crippen molar-refractivity contribution in [1.82, 2.24) is 14.6 Å². The zero-order valence-electron chi connectivity index (χ0n) is 15.3. The molecule has 0 radical (unpaired) electrons. The van der Waals surface area contributed by atoms with Crippen molar-refractivity contribution in [2.24, 2.45) is 0 Å². The van der Waals surface area contributed by atoms with Gasteiger partial charge in [-0.1, -0.05) is 86.1 Å². The normalized spacial score (nSPS) is 10.9. The Hall–Kier alpha value is -3.20. The summed E-state index contributed by atoms with van der Waals surface area (Å²) in [7, 11) is 0. The molecule has 2 aromatic heterocycles. The first-order valence-electron chi connectivity index (χ1n) is 9.04. The Morgan fingerprint density at radius 2 is 1.27 bits per heavy atom. The van der Waals surface area contributed by atoms with E-state index in [4.69, 9.17) is 0 Å². The highest BCUT2D eigenvalue weighted by Crippen LogP contribution is 2.31. The maximum absolute atomic E-state index is 4.51. The van der Waals surface area contributed by atoms with Crippen molar-refractivity contribution >= 4 is 27.3 Å². The third kappa shape index (κ3) is 2.44. The number of fused-ring (bicyclic) bond motifs is 6. The molecule has 3 heteroatoms. The highest BCUT2D eigenvalue weighted by atomic mass is 15.2. The van der Waals surface area contributed by atoms with E-state index in [1.54, 1.807) is 0 Å². The van der Waals surface area contributed by atoms with Gasteiger partial charge in [0.2, 0.25) is 0 Å². The van der Waals surface area contributed by atoms with Gasteiger partial charge in [-0.2, -0.15) is 0 Å². The molecule has 0 bridgehead atoms. The highest BCUT2D eigenvalue weighted by Gasteiger charge is 2.14. The van der Waals surface area contributed by atoms with Crippen LogP contribution in [-0.2, 0) is 0 Å². The molecule has 0 saturated heterocycles. The van der Waals surface area contributed by atoms with Crippen LogP contribution in [0.3, 0.4) is 0 Å². The molecule has 3 aromatic carbocycles. The van der Waals surface area contributed by atoms with Crippen LogP contribution in [0.25, 0.3) is 38.7 Å². The topological polar surface area (TPSA) is 30.2 Å². The first-order valence-corrected chi connectivity index (χ1v) is 9.04. The predicted molar refractivity (Wildman–Crippen MR) is 110 cm³/mol. The number of hydrogen-bond acceptors (Lipinski definition) is 2. The van der Waals surface area contributed by atoms with Crippen molar-refractivity contribution in [3.63, 3.8) is 0 Å². The van der Waals surface area contributed by atoms with E-state index in [9.17, 15) is 0 Å². The van der Waals surface area contributed by atoms with E-state index in [1.165, 1.54) is 16.3 Å². The summed E-state index contributed by atoms with van der Waals surface area (Å²) in [5.41, 5.74) is 4.35. The fourth-order valence-corrected chi connectivity index (χ4v) is 3.39. The molecule has 0 aliphatic heterocycles. The summed E-state index contributed by atoms with van der Waals surface area (Å²) in [6, 6.07) is 25.3. The second kappa shape index (κ2) is 6.60. The highest BCUT2D eigenvalue weighted by molar-refractivity contribution is 6.12. The molecule has 3 nitrogen and oxygen atoms in total. The van der Waals surface area contributed by atoms with Gasteiger partial charge in [0.05, 0.1) is 5.52 Å². The summed E-state index contributed by atoms with van der Waals surface area (Å²) in [6.07, 6.45) is 0. The summed E-state index contributed by atoms with van der Waals surface area (Å²) in [5, 5.41) is 12.6. The first kappa shape index (κ1) is 16.3. The van der Waals surface area contributed by atoms with Gasteiger partial charge in [0.15, 0.2) is 11.5 Å². The van der Waals surface area contributed by atoms with Crippen LogP contribution in [0.5, 0.6) is 0 Å². The number of aromatic nitrogens is 3. The van der Waals surface area contributed by atoms with Crippen molar-refractivity contribution in [3.05, 3.63) is 78.4 Å². The van der Waals surface area contributed by atoms with Gasteiger partial charge >= 0.3 is 0 Å². The van der Waals surface area contributed by atoms with Crippen molar-refractivity contribution in [1.29, 1.82) is 0 Å². The molecule has 0 amide bonds. The average Bonchev–Trinajstić information content (AvgIpc) is 3.16. The van der Waals surface area contributed by atoms with Crippen LogP contribution in [-0.4, -0.2) is 14.6 Å². The molecule has 0 N–H and O–H groups in total. The molecule has 5 aromatic rings. The SMILES string of the molecule is CC.Cc1ccc(-c2nnc3c4ccccc4c4ccccc4n23)cc1. The van der Waals surface area contributed by atoms with Gasteiger partial charge in [-0.25, -0.2) is 0 Å². The van der Waals surface area contributed by atoms with Crippen LogP contribution in [0.15, 0.2) is 72.8 Å². The smallest absolute Gasteiger partial charge is 0.169 e. The maximum atomic E-state index is 4.51. The molecule has 0 unspecified atom stereocenters. The lowest BCUT2D eigenvalue weighted by molar-refractivity contribution is 1.12. The molecule has 128 valence electrons. The zero-order chi connectivity index (χ0) is 18.1. The van der Waals surface area contributed by atoms with Crippen LogP contribution >= 0.6 is 0 Å². The molecular weight excluding hydrogens is 318 g/mol. The first-order chi connectivity index (χ1) is 12.8. The van der Waals surface area contributed by atoms with E-state index in [1.807, 2.05) is 13.8 Å². The van der Waals surface area contributed by atoms with Crippen molar-refractivity contribution in [3.8, 4) is 11.4 Å². The van der Waals surface area contributed by atoms with Crippen molar-refractivity contribution in [2.75, 3.05) is 0 Å². The molecule has 26 heavy (non-hydrogen) atoms. The fraction of sp³-hybridized carbons (Fsp3) is 0.130. The third-order valence-electron chi connectivity index (χ3n) is 4.58. The van der Waals surface area contributed by atoms with E-state index in [-0.39, 0.29) is 0 Å². The average molecular weight is 339 g/mol. The number of pyridine rings is 1. The molecule has 5 rings (SSSR count). The minimum atomic E-state index is 0.881. The second-order valence-corrected chi connectivity index (χ2v) is 6.11. The number of rotatable bonds is 1. The Bertz CT molecular complexity index is 1200. The molecule has 2 heterocycles. The molecule has 0 aliphatic carbocycles. The van der Waals surface area contributed by atoms with Gasteiger partial charge in [0.25, 0.3) is 0 Å². The summed E-state index contributed by atoms with van der Waals surface area (Å²) < 4.78 is 2.17. The standard InChI is InChI=1S/C21H15N3.C2H6/c1-14-10-12-15(13-11-14)20-22-23-21-18-8-3-2-6-16(18)17-7-4-5-9-19(17)24(20)21;1-2/h2-13H,1H3;1-2H3. The van der Waals surface area contributed by atoms with E-state index >= 15 is 0 Å². The Labute approximate surface area is 152 Å². The van der Waals surface area contributed by atoms with E-state index < -0.39 is 0 Å². The lowest BCUT2D eigenvalue weighted by Crippen LogP contribution is -1.94. The molecule has 0 aliphatic rings. The summed E-state index contributed by atoms with van der Waals surface area (Å²) in [4.78, 5) is 0. The lowest BCUT2D eigenvalue weighted by atomic mass is 10.1. The van der Waals surface area contributed by atoms with Crippen LogP contribution in [0.1, 0.15) is 19.4 Å². The second-order valence-electron chi connectivity index (χ2n) is 6.11. The quantitative estimate of drug-likeness (QED) is 0.349. The Balaban J connectivity index is 0.000000814. The van der Waals surface area contributed by atoms with Gasteiger partial charge in [-0.15, -0.1) is 10.2 Å². The van der Waals surface area contributed by atoms with E-state index in [2.05, 4.69) is 94.3 Å². The zero-order valence-corrected chi connectivity index (χ0v) is 15.3. The van der Waals surface area contributed by atoms with Crippen LogP contribution in [0, 0.1) is 6.92 Å². The van der Waals surface area contributed by atoms with Gasteiger partial charge in [-0.05, 0) is 18.4 Å². The molecule has 0 saturated carbocycles. The maximum Gasteiger partial charge on any atom is 0.169 e. The number of nitrogens with zero attached hydrogens (tertiary/aromatic N) is 3. The fourth-order valence-electron chi connectivity index (χ4n) is 3.39. The van der Waals surface area contributed by atoms with Gasteiger partial charge in [-0.3, -0.25) is 4.40 Å². The molecule has 0 fully saturated rings. The number of para-hydroxylation sites is 1. The Morgan fingerprint density at radius 3 is 2.00 bits per heavy atom. The number of aryl methyl sites for hydroxylation is 1. The summed E-state index contributed by atoms with van der Waals surface area (Å²) in [6.45, 7) is 6.09. The monoisotopic (exact) mass is 339 g/mol. The summed E-state index contributed by atoms with van der Waals surface area (Å²) in [5.74, 6) is 0.881. The van der Waals surface area contributed by atoms with Crippen molar-refractivity contribution < 1.29 is 0 Å². The predicted octanol–water partition coefficient (Wildman–Crippen LogP) is 6.04. The number of benzene rings is 3. The van der Waals surface area contributed by atoms with Crippen LogP contribution in [0.4, 0.5) is 0 Å². The summed E-state index contributed by atoms with van der Waals surface area (Å²) >= 11 is 0. The van der Waals surface area contributed by atoms with Crippen molar-refractivity contribution in [2.45, 2.75) is 20.8 Å². The van der Waals surface area contributed by atoms with E-state index in [0.29, 0.717) is 0 Å². The Morgan fingerprint density at radius 1 is 0.654 bits per heavy atom. The molecular formula is C23H21N3. The molecule has 0 atom stereocenters. The van der Waals surface area contributed by atoms with Gasteiger partial charge < -0.3 is 0 Å². The molecule has 0 spiro atoms. The van der Waals surface area contributed by atoms with Gasteiger partial charge in [0.1, 0.15) is 0 Å². The third-order valence-corrected chi connectivity index (χ3v) is 4.58. The van der Waals surface area contributed by atoms with Crippen LogP contribution in [0.2, 0.25) is 0 Å². The number of hydrogen-bond donors (Lipinski definition) is 0. The lowest BCUT2D eigenvalue weighted by Gasteiger charge is -2.09. The largest absolute Gasteiger partial charge is 0.274 e. The van der Waals surface area contributed by atoms with E-state index in [0.717, 1.165) is 27.9 Å². The Kier molecular flexibility index (Phi) is 4.13. The minimum Gasteiger partial charge on any atom is -0.274 e. The van der Waals surface area contributed by atoms with Crippen LogP contribution < -0.4 is 0 Å². The minimum absolute atomic E-state index is 0.881. The van der Waals surface area contributed by atoms with Gasteiger partial charge in [0, 0.05) is 16.3 Å².